The van der Waals surface area contributed by atoms with Crippen LogP contribution in [0.2, 0.25) is 0 Å². The van der Waals surface area contributed by atoms with Gasteiger partial charge < -0.3 is 20.3 Å². The second kappa shape index (κ2) is 11.4. The summed E-state index contributed by atoms with van der Waals surface area (Å²) in [5.74, 6) is 0.223. The number of likely N-dealkylation sites (tertiary alicyclic amines) is 1. The standard InChI is InChI=1S/C24H29F4N9O2/c1-35(2)20(38)12-36-8-7-17(16(25)11-36)31-23-32-22(39-3)21-15(6-9-37(21)34-23)14-4-5-18(33-29)19(10-14)30-13-24(26,27)28/h4-6,9-10,16-17,29-30H,7-8,11-13H2,1-3H3,(H,31,34)/t16-,17+/m1/s1. The van der Waals surface area contributed by atoms with Crippen molar-refractivity contribution >= 4 is 28.7 Å². The van der Waals surface area contributed by atoms with Crippen LogP contribution in [0.5, 0.6) is 5.88 Å². The Hall–Kier alpha value is -4.01. The molecule has 210 valence electrons. The summed E-state index contributed by atoms with van der Waals surface area (Å²) in [5.41, 5.74) is 8.93. The molecule has 1 aliphatic heterocycles. The van der Waals surface area contributed by atoms with E-state index in [0.29, 0.717) is 29.6 Å². The summed E-state index contributed by atoms with van der Waals surface area (Å²) in [5, 5.41) is 13.0. The molecule has 0 radical (unpaired) electrons. The Bertz CT molecular complexity index is 1350. The normalized spacial score (nSPS) is 18.1. The fourth-order valence-corrected chi connectivity index (χ4v) is 4.34. The average molecular weight is 552 g/mol. The quantitative estimate of drug-likeness (QED) is 0.272. The highest BCUT2D eigenvalue weighted by atomic mass is 19.4. The zero-order valence-corrected chi connectivity index (χ0v) is 21.6. The van der Waals surface area contributed by atoms with E-state index in [9.17, 15) is 22.4 Å². The van der Waals surface area contributed by atoms with Gasteiger partial charge in [-0.15, -0.1) is 5.10 Å². The Balaban J connectivity index is 1.56. The number of nitrogens with zero attached hydrogens (tertiary/aromatic N) is 6. The number of methoxy groups -OCH3 is 1. The summed E-state index contributed by atoms with van der Waals surface area (Å²) in [6.45, 7) is -0.518. The molecule has 3 heterocycles. The molecule has 3 N–H and O–H groups in total. The van der Waals surface area contributed by atoms with Gasteiger partial charge in [0.1, 0.15) is 23.9 Å². The maximum absolute atomic E-state index is 15.0. The van der Waals surface area contributed by atoms with Crippen molar-refractivity contribution in [1.82, 2.24) is 24.4 Å². The summed E-state index contributed by atoms with van der Waals surface area (Å²) in [6, 6.07) is 5.65. The number of carbonyl (C=O) groups excluding carboxylic acids is 1. The van der Waals surface area contributed by atoms with Gasteiger partial charge in [0.25, 0.3) is 0 Å². The lowest BCUT2D eigenvalue weighted by Gasteiger charge is -2.35. The summed E-state index contributed by atoms with van der Waals surface area (Å²) in [4.78, 5) is 19.6. The number of carbonyl (C=O) groups is 1. The van der Waals surface area contributed by atoms with Crippen LogP contribution in [-0.4, -0.2) is 96.1 Å². The third-order valence-corrected chi connectivity index (χ3v) is 6.38. The van der Waals surface area contributed by atoms with E-state index in [-0.39, 0.29) is 42.2 Å². The van der Waals surface area contributed by atoms with Crippen molar-refractivity contribution in [3.63, 3.8) is 0 Å². The molecule has 1 amide bonds. The van der Waals surface area contributed by atoms with Crippen molar-refractivity contribution in [2.45, 2.75) is 24.8 Å². The van der Waals surface area contributed by atoms with Crippen molar-refractivity contribution in [2.75, 3.05) is 58.0 Å². The van der Waals surface area contributed by atoms with E-state index in [2.05, 4.69) is 25.8 Å². The number of hydrogen-bond donors (Lipinski definition) is 3. The highest BCUT2D eigenvalue weighted by Gasteiger charge is 2.31. The summed E-state index contributed by atoms with van der Waals surface area (Å²) in [7, 11) is 4.73. The Morgan fingerprint density at radius 1 is 1.31 bits per heavy atom. The lowest BCUT2D eigenvalue weighted by molar-refractivity contribution is -0.130. The second-order valence-electron chi connectivity index (χ2n) is 9.36. The first-order valence-electron chi connectivity index (χ1n) is 12.1. The lowest BCUT2D eigenvalue weighted by Crippen LogP contribution is -2.50. The van der Waals surface area contributed by atoms with Gasteiger partial charge in [-0.05, 0) is 30.2 Å². The summed E-state index contributed by atoms with van der Waals surface area (Å²) < 4.78 is 60.2. The Morgan fingerprint density at radius 2 is 2.08 bits per heavy atom. The molecule has 0 unspecified atom stereocenters. The number of ether oxygens (including phenoxy) is 1. The van der Waals surface area contributed by atoms with Crippen LogP contribution in [0.25, 0.3) is 16.6 Å². The highest BCUT2D eigenvalue weighted by Crippen LogP contribution is 2.36. The van der Waals surface area contributed by atoms with Gasteiger partial charge in [0, 0.05) is 38.9 Å². The minimum atomic E-state index is -4.45. The third kappa shape index (κ3) is 6.53. The molecule has 1 aromatic carbocycles. The topological polar surface area (TPSA) is 123 Å². The number of amides is 1. The fraction of sp³-hybridized carbons (Fsp3) is 0.458. The molecular formula is C24H29F4N9O2. The number of hydrogen-bond acceptors (Lipinski definition) is 9. The molecular weight excluding hydrogens is 522 g/mol. The van der Waals surface area contributed by atoms with E-state index in [0.717, 1.165) is 0 Å². The minimum Gasteiger partial charge on any atom is -0.479 e. The number of anilines is 2. The van der Waals surface area contributed by atoms with Crippen molar-refractivity contribution in [1.29, 1.82) is 5.53 Å². The number of benzene rings is 1. The highest BCUT2D eigenvalue weighted by molar-refractivity contribution is 5.87. The molecule has 1 saturated heterocycles. The molecule has 0 bridgehead atoms. The van der Waals surface area contributed by atoms with Gasteiger partial charge in [0.2, 0.25) is 17.7 Å². The number of nitrogens with one attached hydrogen (secondary N) is 3. The van der Waals surface area contributed by atoms with Gasteiger partial charge >= 0.3 is 6.18 Å². The molecule has 1 fully saturated rings. The molecule has 2 aromatic heterocycles. The predicted molar refractivity (Wildman–Crippen MR) is 136 cm³/mol. The Labute approximate surface area is 221 Å². The van der Waals surface area contributed by atoms with Gasteiger partial charge in [0.05, 0.1) is 25.4 Å². The van der Waals surface area contributed by atoms with Crippen molar-refractivity contribution in [3.8, 4) is 17.0 Å². The second-order valence-corrected chi connectivity index (χ2v) is 9.36. The number of fused-ring (bicyclic) bond motifs is 1. The first-order chi connectivity index (χ1) is 18.5. The van der Waals surface area contributed by atoms with Crippen LogP contribution in [0.3, 0.4) is 0 Å². The Kier molecular flexibility index (Phi) is 8.18. The molecule has 0 aliphatic carbocycles. The van der Waals surface area contributed by atoms with Gasteiger partial charge in [-0.2, -0.15) is 23.3 Å². The van der Waals surface area contributed by atoms with Crippen LogP contribution < -0.4 is 15.4 Å². The first kappa shape index (κ1) is 28.0. The third-order valence-electron chi connectivity index (χ3n) is 6.38. The molecule has 2 atom stereocenters. The van der Waals surface area contributed by atoms with Crippen LogP contribution >= 0.6 is 0 Å². The van der Waals surface area contributed by atoms with E-state index in [4.69, 9.17) is 10.3 Å². The molecule has 11 nitrogen and oxygen atoms in total. The van der Waals surface area contributed by atoms with E-state index < -0.39 is 24.9 Å². The largest absolute Gasteiger partial charge is 0.479 e. The SMILES string of the molecule is COc1nc(N[C@H]2CCN(CC(=O)N(C)C)C[C@H]2F)nn2ccc(-c3ccc(N=N)c(NCC(F)(F)F)c3)c12. The van der Waals surface area contributed by atoms with Crippen LogP contribution in [0, 0.1) is 5.53 Å². The van der Waals surface area contributed by atoms with Crippen LogP contribution in [-0.2, 0) is 4.79 Å². The lowest BCUT2D eigenvalue weighted by atomic mass is 10.0. The number of halogens is 4. The number of likely N-dealkylation sites (N-methyl/N-ethyl adjacent to an activating group) is 1. The predicted octanol–water partition coefficient (Wildman–Crippen LogP) is 3.95. The smallest absolute Gasteiger partial charge is 0.405 e. The summed E-state index contributed by atoms with van der Waals surface area (Å²) >= 11 is 0. The molecule has 1 aliphatic rings. The molecule has 0 saturated carbocycles. The number of aromatic nitrogens is 3. The number of rotatable bonds is 9. The van der Waals surface area contributed by atoms with Crippen molar-refractivity contribution in [3.05, 3.63) is 30.5 Å². The van der Waals surface area contributed by atoms with Crippen molar-refractivity contribution < 1.29 is 27.1 Å². The van der Waals surface area contributed by atoms with E-state index in [1.807, 2.05) is 0 Å². The molecule has 4 rings (SSSR count). The number of alkyl halides is 4. The molecule has 15 heteroatoms. The molecule has 0 spiro atoms. The maximum Gasteiger partial charge on any atom is 0.405 e. The molecule has 39 heavy (non-hydrogen) atoms. The molecule has 3 aromatic rings. The monoisotopic (exact) mass is 551 g/mol. The number of piperidine rings is 1. The van der Waals surface area contributed by atoms with E-state index in [1.165, 1.54) is 28.7 Å². The zero-order valence-electron chi connectivity index (χ0n) is 21.6. The fourth-order valence-electron chi connectivity index (χ4n) is 4.34. The maximum atomic E-state index is 15.0. The van der Waals surface area contributed by atoms with Gasteiger partial charge in [-0.25, -0.2) is 14.4 Å². The van der Waals surface area contributed by atoms with E-state index in [1.54, 1.807) is 37.3 Å². The summed E-state index contributed by atoms with van der Waals surface area (Å²) in [6.07, 6.45) is -3.64. The average Bonchev–Trinajstić information content (AvgIpc) is 3.32. The van der Waals surface area contributed by atoms with E-state index >= 15 is 0 Å². The van der Waals surface area contributed by atoms with Gasteiger partial charge in [-0.1, -0.05) is 6.07 Å². The van der Waals surface area contributed by atoms with Crippen LogP contribution in [0.1, 0.15) is 6.42 Å². The first-order valence-corrected chi connectivity index (χ1v) is 12.1. The zero-order chi connectivity index (χ0) is 28.3. The van der Waals surface area contributed by atoms with Gasteiger partial charge in [0.15, 0.2) is 0 Å². The minimum absolute atomic E-state index is 0.0463. The van der Waals surface area contributed by atoms with Crippen molar-refractivity contribution in [2.24, 2.45) is 5.11 Å². The Morgan fingerprint density at radius 3 is 2.72 bits per heavy atom. The van der Waals surface area contributed by atoms with Crippen LogP contribution in [0.15, 0.2) is 35.6 Å². The van der Waals surface area contributed by atoms with Crippen LogP contribution in [0.4, 0.5) is 34.9 Å². The van der Waals surface area contributed by atoms with Gasteiger partial charge in [-0.3, -0.25) is 9.69 Å².